The molecule has 0 aliphatic heterocycles. The first-order valence-corrected chi connectivity index (χ1v) is 6.25. The van der Waals surface area contributed by atoms with Crippen molar-refractivity contribution >= 4 is 12.0 Å². The summed E-state index contributed by atoms with van der Waals surface area (Å²) in [5.41, 5.74) is 0. The van der Waals surface area contributed by atoms with Crippen molar-refractivity contribution < 1.29 is 19.8 Å². The molecule has 0 saturated heterocycles. The molecule has 0 aromatic heterocycles. The van der Waals surface area contributed by atoms with E-state index in [0.717, 1.165) is 12.8 Å². The monoisotopic (exact) mass is 260 g/mol. The molecule has 0 aliphatic carbocycles. The van der Waals surface area contributed by atoms with E-state index in [1.807, 2.05) is 6.92 Å². The number of urea groups is 1. The van der Waals surface area contributed by atoms with Gasteiger partial charge in [0.2, 0.25) is 0 Å². The molecule has 106 valence electrons. The van der Waals surface area contributed by atoms with E-state index in [4.69, 9.17) is 5.11 Å². The molecular weight excluding hydrogens is 236 g/mol. The van der Waals surface area contributed by atoms with Crippen LogP contribution in [0.15, 0.2) is 0 Å². The Balaban J connectivity index is 4.20. The minimum atomic E-state index is -1.29. The van der Waals surface area contributed by atoms with Crippen molar-refractivity contribution in [1.29, 1.82) is 0 Å². The molecular formula is C12H24N2O4. The topological polar surface area (TPSA) is 98.7 Å². The Bertz CT molecular complexity index is 281. The number of carbonyl (C=O) groups is 2. The van der Waals surface area contributed by atoms with Crippen LogP contribution in [0.2, 0.25) is 0 Å². The molecule has 18 heavy (non-hydrogen) atoms. The summed E-state index contributed by atoms with van der Waals surface area (Å²) in [4.78, 5) is 22.3. The average Bonchev–Trinajstić information content (AvgIpc) is 2.24. The van der Waals surface area contributed by atoms with Crippen molar-refractivity contribution in [2.45, 2.75) is 58.7 Å². The number of hydrogen-bond acceptors (Lipinski definition) is 3. The molecule has 6 heteroatoms. The summed E-state index contributed by atoms with van der Waals surface area (Å²) in [6, 6.07) is -1.90. The maximum atomic E-state index is 11.5. The van der Waals surface area contributed by atoms with Gasteiger partial charge in [0.15, 0.2) is 6.04 Å². The lowest BCUT2D eigenvalue weighted by Gasteiger charge is -2.21. The van der Waals surface area contributed by atoms with E-state index in [1.54, 1.807) is 0 Å². The van der Waals surface area contributed by atoms with Crippen LogP contribution in [0.25, 0.3) is 0 Å². The number of amides is 2. The number of nitrogens with one attached hydrogen (secondary N) is 2. The summed E-state index contributed by atoms with van der Waals surface area (Å²) in [6.45, 7) is 7.35. The Kier molecular flexibility index (Phi) is 7.35. The van der Waals surface area contributed by atoms with Crippen molar-refractivity contribution in [2.75, 3.05) is 0 Å². The van der Waals surface area contributed by atoms with E-state index in [2.05, 4.69) is 24.5 Å². The van der Waals surface area contributed by atoms with Crippen LogP contribution >= 0.6 is 0 Å². The molecule has 0 fully saturated rings. The first-order chi connectivity index (χ1) is 8.27. The van der Waals surface area contributed by atoms with Crippen molar-refractivity contribution in [3.05, 3.63) is 0 Å². The normalized spacial score (nSPS) is 17.4. The van der Waals surface area contributed by atoms with E-state index >= 15 is 0 Å². The van der Waals surface area contributed by atoms with Crippen LogP contribution in [0.3, 0.4) is 0 Å². The van der Waals surface area contributed by atoms with Gasteiger partial charge in [-0.1, -0.05) is 20.3 Å². The van der Waals surface area contributed by atoms with E-state index in [0.29, 0.717) is 5.92 Å². The fourth-order valence-corrected chi connectivity index (χ4v) is 1.62. The highest BCUT2D eigenvalue weighted by molar-refractivity contribution is 5.83. The van der Waals surface area contributed by atoms with Gasteiger partial charge in [0.05, 0.1) is 6.10 Å². The molecule has 4 atom stereocenters. The van der Waals surface area contributed by atoms with Crippen molar-refractivity contribution in [2.24, 2.45) is 5.92 Å². The number of aliphatic hydroxyl groups is 1. The summed E-state index contributed by atoms with van der Waals surface area (Å²) >= 11 is 0. The second-order valence-electron chi connectivity index (χ2n) is 4.82. The molecule has 0 aliphatic rings. The Morgan fingerprint density at radius 1 is 1.17 bits per heavy atom. The van der Waals surface area contributed by atoms with Gasteiger partial charge in [-0.3, -0.25) is 0 Å². The molecule has 0 rings (SSSR count). The predicted octanol–water partition coefficient (Wildman–Crippen LogP) is 0.944. The highest BCUT2D eigenvalue weighted by Gasteiger charge is 2.25. The van der Waals surface area contributed by atoms with Crippen molar-refractivity contribution in [3.8, 4) is 0 Å². The van der Waals surface area contributed by atoms with Crippen LogP contribution in [0.4, 0.5) is 4.79 Å². The Morgan fingerprint density at radius 3 is 2.11 bits per heavy atom. The molecule has 0 aromatic rings. The van der Waals surface area contributed by atoms with Crippen LogP contribution in [0, 0.1) is 5.92 Å². The molecule has 0 aromatic carbocycles. The Hall–Kier alpha value is -1.30. The number of rotatable bonds is 7. The second kappa shape index (κ2) is 7.92. The summed E-state index contributed by atoms with van der Waals surface area (Å²) in [5, 5.41) is 22.9. The highest BCUT2D eigenvalue weighted by atomic mass is 16.4. The molecule has 2 unspecified atom stereocenters. The zero-order valence-corrected chi connectivity index (χ0v) is 11.4. The van der Waals surface area contributed by atoms with Gasteiger partial charge in [-0.05, 0) is 26.2 Å². The van der Waals surface area contributed by atoms with Gasteiger partial charge >= 0.3 is 12.0 Å². The number of carboxylic acids is 1. The lowest BCUT2D eigenvalue weighted by atomic mass is 10.0. The fraction of sp³-hybridized carbons (Fsp3) is 0.833. The molecule has 0 heterocycles. The molecule has 4 N–H and O–H groups in total. The number of carboxylic acid groups (broad SMARTS) is 1. The molecule has 0 bridgehead atoms. The highest BCUT2D eigenvalue weighted by Crippen LogP contribution is 2.09. The zero-order valence-electron chi connectivity index (χ0n) is 11.4. The van der Waals surface area contributed by atoms with Crippen LogP contribution < -0.4 is 10.6 Å². The van der Waals surface area contributed by atoms with Gasteiger partial charge < -0.3 is 20.8 Å². The maximum absolute atomic E-state index is 11.5. The smallest absolute Gasteiger partial charge is 0.328 e. The van der Waals surface area contributed by atoms with Gasteiger partial charge in [-0.2, -0.15) is 0 Å². The van der Waals surface area contributed by atoms with Crippen molar-refractivity contribution in [3.63, 3.8) is 0 Å². The zero-order chi connectivity index (χ0) is 14.3. The summed E-state index contributed by atoms with van der Waals surface area (Å²) < 4.78 is 0. The lowest BCUT2D eigenvalue weighted by Crippen LogP contribution is -2.52. The number of hydrogen-bond donors (Lipinski definition) is 4. The first-order valence-electron chi connectivity index (χ1n) is 6.25. The van der Waals surface area contributed by atoms with Gasteiger partial charge in [0.1, 0.15) is 0 Å². The number of aliphatic carboxylic acids is 1. The molecule has 2 amide bonds. The third kappa shape index (κ3) is 6.44. The quantitative estimate of drug-likeness (QED) is 0.547. The van der Waals surface area contributed by atoms with Gasteiger partial charge in [-0.15, -0.1) is 0 Å². The minimum absolute atomic E-state index is 0.0385. The first kappa shape index (κ1) is 16.7. The Morgan fingerprint density at radius 2 is 1.72 bits per heavy atom. The molecule has 6 nitrogen and oxygen atoms in total. The minimum Gasteiger partial charge on any atom is -0.480 e. The van der Waals surface area contributed by atoms with E-state index in [9.17, 15) is 14.7 Å². The van der Waals surface area contributed by atoms with Crippen LogP contribution in [-0.2, 0) is 4.79 Å². The van der Waals surface area contributed by atoms with Gasteiger partial charge in [0.25, 0.3) is 0 Å². The van der Waals surface area contributed by atoms with Gasteiger partial charge in [-0.25, -0.2) is 9.59 Å². The van der Waals surface area contributed by atoms with Gasteiger partial charge in [0, 0.05) is 6.04 Å². The largest absolute Gasteiger partial charge is 0.480 e. The summed E-state index contributed by atoms with van der Waals surface area (Å²) in [6.07, 6.45) is 0.716. The number of carbonyl (C=O) groups excluding carboxylic acids is 1. The fourth-order valence-electron chi connectivity index (χ4n) is 1.62. The molecule has 0 saturated carbocycles. The standard InChI is InChI=1S/C12H24N2O4/c1-5-7(2)6-8(3)13-12(18)14-10(9(4)15)11(16)17/h7-10,15H,5-6H2,1-4H3,(H,16,17)(H2,13,14,18)/t7?,8?,9-,10+/m1/s1. The second-order valence-corrected chi connectivity index (χ2v) is 4.82. The molecule has 0 spiro atoms. The van der Waals surface area contributed by atoms with Crippen LogP contribution in [-0.4, -0.2) is 40.4 Å². The SMILES string of the molecule is CCC(C)CC(C)NC(=O)N[C@H](C(=O)O)[C@@H](C)O. The van der Waals surface area contributed by atoms with Crippen LogP contribution in [0.1, 0.15) is 40.5 Å². The van der Waals surface area contributed by atoms with E-state index in [-0.39, 0.29) is 6.04 Å². The van der Waals surface area contributed by atoms with E-state index < -0.39 is 24.1 Å². The summed E-state index contributed by atoms with van der Waals surface area (Å²) in [5.74, 6) is -0.762. The summed E-state index contributed by atoms with van der Waals surface area (Å²) in [7, 11) is 0. The Labute approximate surface area is 108 Å². The third-order valence-corrected chi connectivity index (χ3v) is 2.87. The third-order valence-electron chi connectivity index (χ3n) is 2.87. The predicted molar refractivity (Wildman–Crippen MR) is 68.3 cm³/mol. The van der Waals surface area contributed by atoms with Crippen LogP contribution in [0.5, 0.6) is 0 Å². The van der Waals surface area contributed by atoms with E-state index in [1.165, 1.54) is 6.92 Å². The average molecular weight is 260 g/mol. The molecule has 0 radical (unpaired) electrons. The van der Waals surface area contributed by atoms with Crippen molar-refractivity contribution in [1.82, 2.24) is 10.6 Å². The lowest BCUT2D eigenvalue weighted by molar-refractivity contribution is -0.141. The number of aliphatic hydroxyl groups excluding tert-OH is 1. The maximum Gasteiger partial charge on any atom is 0.328 e.